The third-order valence-electron chi connectivity index (χ3n) is 5.08. The van der Waals surface area contributed by atoms with Crippen molar-refractivity contribution in [1.82, 2.24) is 15.3 Å². The Morgan fingerprint density at radius 1 is 0.969 bits per heavy atom. The average Bonchev–Trinajstić information content (AvgIpc) is 3.60. The fourth-order valence-electron chi connectivity index (χ4n) is 3.02. The lowest BCUT2D eigenvalue weighted by Crippen LogP contribution is -2.35. The van der Waals surface area contributed by atoms with E-state index in [0.29, 0.717) is 18.4 Å². The van der Waals surface area contributed by atoms with Crippen molar-refractivity contribution in [2.24, 2.45) is 5.41 Å². The number of H-pyrrole nitrogens is 2. The summed E-state index contributed by atoms with van der Waals surface area (Å²) in [6, 6.07) is 6.56. The van der Waals surface area contributed by atoms with Crippen molar-refractivity contribution in [3.63, 3.8) is 0 Å². The van der Waals surface area contributed by atoms with E-state index in [9.17, 15) is 19.2 Å². The molecule has 2 aromatic rings. The summed E-state index contributed by atoms with van der Waals surface area (Å²) in [5.74, 6) is 0.446. The fourth-order valence-corrected chi connectivity index (χ4v) is 3.02. The fraction of sp³-hybridized carbons (Fsp3) is 0.478. The normalized spacial score (nSPS) is 15.3. The molecule has 0 bridgehead atoms. The van der Waals surface area contributed by atoms with E-state index in [1.165, 1.54) is 6.07 Å². The van der Waals surface area contributed by atoms with E-state index in [4.69, 9.17) is 5.11 Å². The third-order valence-corrected chi connectivity index (χ3v) is 5.08. The van der Waals surface area contributed by atoms with Crippen LogP contribution in [0.5, 0.6) is 5.75 Å². The SMILES string of the molecule is CC(C)(C)CNC(=O)c1ccc(C2CC2)[nH]c1=O.O=C(O)Oc1ccc(C2CC2)[nH]c1=O. The van der Waals surface area contributed by atoms with E-state index in [-0.39, 0.29) is 28.2 Å². The maximum Gasteiger partial charge on any atom is 0.511 e. The molecule has 0 radical (unpaired) electrons. The molecule has 2 aliphatic carbocycles. The van der Waals surface area contributed by atoms with Gasteiger partial charge in [0.15, 0.2) is 5.75 Å². The molecule has 9 nitrogen and oxygen atoms in total. The van der Waals surface area contributed by atoms with Gasteiger partial charge in [0.05, 0.1) is 0 Å². The number of aromatic nitrogens is 2. The number of hydrogen-bond acceptors (Lipinski definition) is 5. The Hall–Kier alpha value is -3.36. The van der Waals surface area contributed by atoms with Gasteiger partial charge in [-0.05, 0) is 67.2 Å². The second-order valence-electron chi connectivity index (χ2n) is 9.42. The van der Waals surface area contributed by atoms with Crippen molar-refractivity contribution in [3.8, 4) is 5.75 Å². The molecule has 0 saturated heterocycles. The Labute approximate surface area is 185 Å². The molecular formula is C23H29N3O6. The molecule has 2 saturated carbocycles. The van der Waals surface area contributed by atoms with E-state index < -0.39 is 11.7 Å². The Bertz CT molecular complexity index is 1100. The van der Waals surface area contributed by atoms with Crippen LogP contribution in [0.4, 0.5) is 4.79 Å². The van der Waals surface area contributed by atoms with Crippen LogP contribution in [-0.4, -0.2) is 33.7 Å². The highest BCUT2D eigenvalue weighted by molar-refractivity contribution is 5.93. The second kappa shape index (κ2) is 9.42. The second-order valence-corrected chi connectivity index (χ2v) is 9.42. The van der Waals surface area contributed by atoms with Gasteiger partial charge in [-0.1, -0.05) is 20.8 Å². The van der Waals surface area contributed by atoms with Crippen LogP contribution in [0.1, 0.15) is 80.0 Å². The molecule has 2 aromatic heterocycles. The first kappa shape index (κ1) is 23.3. The maximum absolute atomic E-state index is 11.9. The summed E-state index contributed by atoms with van der Waals surface area (Å²) in [7, 11) is 0. The summed E-state index contributed by atoms with van der Waals surface area (Å²) in [6.07, 6.45) is 2.94. The highest BCUT2D eigenvalue weighted by Crippen LogP contribution is 2.39. The van der Waals surface area contributed by atoms with Gasteiger partial charge in [-0.3, -0.25) is 14.4 Å². The number of carbonyl (C=O) groups excluding carboxylic acids is 1. The zero-order valence-electron chi connectivity index (χ0n) is 18.5. The van der Waals surface area contributed by atoms with Gasteiger partial charge in [0.25, 0.3) is 17.0 Å². The number of rotatable bonds is 5. The number of amides is 1. The molecule has 0 spiro atoms. The predicted molar refractivity (Wildman–Crippen MR) is 119 cm³/mol. The van der Waals surface area contributed by atoms with Gasteiger partial charge in [0, 0.05) is 17.9 Å². The molecule has 2 aliphatic rings. The van der Waals surface area contributed by atoms with E-state index in [0.717, 1.165) is 37.1 Å². The molecule has 172 valence electrons. The smallest absolute Gasteiger partial charge is 0.449 e. The topological polar surface area (TPSA) is 141 Å². The van der Waals surface area contributed by atoms with Gasteiger partial charge in [0.1, 0.15) is 5.56 Å². The van der Waals surface area contributed by atoms with Crippen LogP contribution in [0.15, 0.2) is 33.9 Å². The molecule has 0 aromatic carbocycles. The molecule has 9 heteroatoms. The monoisotopic (exact) mass is 443 g/mol. The zero-order chi connectivity index (χ0) is 23.5. The van der Waals surface area contributed by atoms with Crippen LogP contribution in [-0.2, 0) is 0 Å². The molecule has 0 aliphatic heterocycles. The van der Waals surface area contributed by atoms with Gasteiger partial charge in [-0.15, -0.1) is 0 Å². The van der Waals surface area contributed by atoms with E-state index in [1.54, 1.807) is 12.1 Å². The number of carboxylic acid groups (broad SMARTS) is 1. The summed E-state index contributed by atoms with van der Waals surface area (Å²) in [5, 5.41) is 11.1. The first-order chi connectivity index (χ1) is 15.0. The first-order valence-corrected chi connectivity index (χ1v) is 10.7. The van der Waals surface area contributed by atoms with E-state index in [1.807, 2.05) is 26.8 Å². The number of hydrogen-bond donors (Lipinski definition) is 4. The Kier molecular flexibility index (Phi) is 6.86. The third kappa shape index (κ3) is 6.83. The molecule has 32 heavy (non-hydrogen) atoms. The number of aromatic amines is 2. The van der Waals surface area contributed by atoms with Crippen molar-refractivity contribution >= 4 is 12.1 Å². The number of pyridine rings is 2. The summed E-state index contributed by atoms with van der Waals surface area (Å²) < 4.78 is 4.27. The van der Waals surface area contributed by atoms with E-state index >= 15 is 0 Å². The van der Waals surface area contributed by atoms with E-state index in [2.05, 4.69) is 20.0 Å². The lowest BCUT2D eigenvalue weighted by molar-refractivity contribution is 0.0937. The van der Waals surface area contributed by atoms with Crippen molar-refractivity contribution < 1.29 is 19.4 Å². The van der Waals surface area contributed by atoms with Crippen LogP contribution in [0.3, 0.4) is 0 Å². The summed E-state index contributed by atoms with van der Waals surface area (Å²) in [6.45, 7) is 6.66. The number of carbonyl (C=O) groups is 2. The minimum absolute atomic E-state index is 0.0103. The standard InChI is InChI=1S/C14H20N2O2.C9H9NO4/c1-14(2,3)8-15-12(17)10-6-7-11(9-4-5-9)16-13(10)18;11-8-7(14-9(12)13)4-3-6(10-8)5-1-2-5/h6-7,9H,4-5,8H2,1-3H3,(H,15,17)(H,16,18);3-5H,1-2H2,(H,10,11)(H,12,13). The zero-order valence-corrected chi connectivity index (χ0v) is 18.5. The molecule has 2 heterocycles. The van der Waals surface area contributed by atoms with Gasteiger partial charge in [-0.2, -0.15) is 0 Å². The number of nitrogens with one attached hydrogen (secondary N) is 3. The van der Waals surface area contributed by atoms with Crippen LogP contribution in [0.2, 0.25) is 0 Å². The average molecular weight is 444 g/mol. The molecule has 4 rings (SSSR count). The van der Waals surface area contributed by atoms with Crippen LogP contribution in [0, 0.1) is 5.41 Å². The minimum Gasteiger partial charge on any atom is -0.449 e. The minimum atomic E-state index is -1.48. The summed E-state index contributed by atoms with van der Waals surface area (Å²) in [5.41, 5.74) is 1.24. The molecular weight excluding hydrogens is 414 g/mol. The quantitative estimate of drug-likeness (QED) is 0.522. The van der Waals surface area contributed by atoms with Crippen LogP contribution >= 0.6 is 0 Å². The van der Waals surface area contributed by atoms with Crippen LogP contribution < -0.4 is 21.2 Å². The van der Waals surface area contributed by atoms with Crippen molar-refractivity contribution in [3.05, 3.63) is 61.9 Å². The lowest BCUT2D eigenvalue weighted by Gasteiger charge is -2.18. The van der Waals surface area contributed by atoms with Crippen molar-refractivity contribution in [2.75, 3.05) is 6.54 Å². The predicted octanol–water partition coefficient (Wildman–Crippen LogP) is 3.34. The van der Waals surface area contributed by atoms with Gasteiger partial charge < -0.3 is 25.1 Å². The van der Waals surface area contributed by atoms with Gasteiger partial charge in [-0.25, -0.2) is 4.79 Å². The number of ether oxygens (including phenoxy) is 1. The maximum atomic E-state index is 11.9. The lowest BCUT2D eigenvalue weighted by atomic mass is 9.97. The highest BCUT2D eigenvalue weighted by Gasteiger charge is 2.26. The Balaban J connectivity index is 0.000000186. The molecule has 4 N–H and O–H groups in total. The molecule has 0 unspecified atom stereocenters. The Morgan fingerprint density at radius 2 is 1.50 bits per heavy atom. The van der Waals surface area contributed by atoms with Crippen LogP contribution in [0.25, 0.3) is 0 Å². The van der Waals surface area contributed by atoms with Gasteiger partial charge in [0.2, 0.25) is 0 Å². The Morgan fingerprint density at radius 3 is 1.94 bits per heavy atom. The molecule has 0 atom stereocenters. The van der Waals surface area contributed by atoms with Gasteiger partial charge >= 0.3 is 6.16 Å². The molecule has 2 fully saturated rings. The molecule has 1 amide bonds. The highest BCUT2D eigenvalue weighted by atomic mass is 16.7. The first-order valence-electron chi connectivity index (χ1n) is 10.7. The summed E-state index contributed by atoms with van der Waals surface area (Å²) >= 11 is 0. The largest absolute Gasteiger partial charge is 0.511 e. The van der Waals surface area contributed by atoms with Crippen molar-refractivity contribution in [2.45, 2.75) is 58.3 Å². The van der Waals surface area contributed by atoms with Crippen molar-refractivity contribution in [1.29, 1.82) is 0 Å². The summed E-state index contributed by atoms with van der Waals surface area (Å²) in [4.78, 5) is 50.5.